The number of H-pyrrole nitrogens is 1. The molecular formula is C29H37N5O3. The standard InChI is InChI=1S/C29H37N5O3/c1-2-17-33-18-9-3-4-10-19-34(28(35)21-15-16-23-24(20-21)31-32-30-23)25-12-6-8-14-27(25)37-26-13-7-5-11-22(26)29(33)36/h5,7,11,13,15-16,20,25,27H,2-4,6,8-10,12,14,17-19H2,1H3,(H,30,31,32)/t25-,27+/m1/s1. The molecule has 2 aliphatic rings. The Kier molecular flexibility index (Phi) is 8.02. The van der Waals surface area contributed by atoms with Crippen molar-refractivity contribution in [3.63, 3.8) is 0 Å². The van der Waals surface area contributed by atoms with Crippen molar-refractivity contribution < 1.29 is 14.3 Å². The topological polar surface area (TPSA) is 91.4 Å². The van der Waals surface area contributed by atoms with Crippen molar-refractivity contribution in [2.45, 2.75) is 76.9 Å². The molecule has 8 heteroatoms. The molecule has 0 bridgehead atoms. The van der Waals surface area contributed by atoms with Gasteiger partial charge in [0.1, 0.15) is 22.9 Å². The van der Waals surface area contributed by atoms with Gasteiger partial charge in [-0.1, -0.05) is 38.3 Å². The van der Waals surface area contributed by atoms with Crippen LogP contribution in [-0.4, -0.2) is 68.8 Å². The zero-order valence-corrected chi connectivity index (χ0v) is 21.7. The summed E-state index contributed by atoms with van der Waals surface area (Å²) in [6, 6.07) is 13.1. The van der Waals surface area contributed by atoms with Crippen LogP contribution in [0.1, 0.15) is 85.4 Å². The number of carbonyl (C=O) groups is 2. The van der Waals surface area contributed by atoms with Crippen molar-refractivity contribution in [1.29, 1.82) is 0 Å². The average Bonchev–Trinajstić information content (AvgIpc) is 3.40. The minimum atomic E-state index is -0.162. The van der Waals surface area contributed by atoms with Gasteiger partial charge in [0.2, 0.25) is 0 Å². The fraction of sp³-hybridized carbons (Fsp3) is 0.517. The second-order valence-electron chi connectivity index (χ2n) is 10.2. The third-order valence-corrected chi connectivity index (χ3v) is 7.65. The molecule has 0 radical (unpaired) electrons. The fourth-order valence-electron chi connectivity index (χ4n) is 5.73. The van der Waals surface area contributed by atoms with Gasteiger partial charge in [-0.25, -0.2) is 0 Å². The first-order valence-corrected chi connectivity index (χ1v) is 13.8. The Morgan fingerprint density at radius 1 is 0.973 bits per heavy atom. The zero-order valence-electron chi connectivity index (χ0n) is 21.7. The molecule has 2 aromatic carbocycles. The molecule has 1 fully saturated rings. The highest BCUT2D eigenvalue weighted by atomic mass is 16.5. The monoisotopic (exact) mass is 503 g/mol. The number of carbonyl (C=O) groups excluding carboxylic acids is 2. The average molecular weight is 504 g/mol. The maximum absolute atomic E-state index is 13.9. The van der Waals surface area contributed by atoms with E-state index in [4.69, 9.17) is 4.74 Å². The zero-order chi connectivity index (χ0) is 25.6. The lowest BCUT2D eigenvalue weighted by Crippen LogP contribution is -2.51. The molecule has 0 spiro atoms. The molecule has 1 aromatic heterocycles. The lowest BCUT2D eigenvalue weighted by atomic mass is 9.90. The second kappa shape index (κ2) is 11.8. The van der Waals surface area contributed by atoms with Gasteiger partial charge in [0.25, 0.3) is 11.8 Å². The highest BCUT2D eigenvalue weighted by molar-refractivity contribution is 5.98. The lowest BCUT2D eigenvalue weighted by molar-refractivity contribution is 0.0267. The Morgan fingerprint density at radius 2 is 1.76 bits per heavy atom. The van der Waals surface area contributed by atoms with E-state index in [-0.39, 0.29) is 24.0 Å². The molecule has 0 saturated heterocycles. The maximum Gasteiger partial charge on any atom is 0.257 e. The minimum absolute atomic E-state index is 0.0102. The largest absolute Gasteiger partial charge is 0.487 e. The van der Waals surface area contributed by atoms with Crippen LogP contribution in [0.5, 0.6) is 5.75 Å². The normalized spacial score (nSPS) is 21.6. The summed E-state index contributed by atoms with van der Waals surface area (Å²) in [5.41, 5.74) is 2.67. The van der Waals surface area contributed by atoms with Gasteiger partial charge in [-0.05, 0) is 68.9 Å². The summed E-state index contributed by atoms with van der Waals surface area (Å²) in [5, 5.41) is 10.9. The minimum Gasteiger partial charge on any atom is -0.487 e. The summed E-state index contributed by atoms with van der Waals surface area (Å²) in [6.45, 7) is 4.30. The number of nitrogens with zero attached hydrogens (tertiary/aromatic N) is 4. The highest BCUT2D eigenvalue weighted by Gasteiger charge is 2.35. The Bertz CT molecular complexity index is 1220. The van der Waals surface area contributed by atoms with Crippen LogP contribution in [0.3, 0.4) is 0 Å². The number of ether oxygens (including phenoxy) is 1. The van der Waals surface area contributed by atoms with Gasteiger partial charge in [0, 0.05) is 25.2 Å². The van der Waals surface area contributed by atoms with Crippen LogP contribution in [-0.2, 0) is 0 Å². The molecule has 2 amide bonds. The summed E-state index contributed by atoms with van der Waals surface area (Å²) in [7, 11) is 0. The van der Waals surface area contributed by atoms with E-state index in [1.54, 1.807) is 0 Å². The highest BCUT2D eigenvalue weighted by Crippen LogP contribution is 2.31. The predicted octanol–water partition coefficient (Wildman–Crippen LogP) is 5.22. The van der Waals surface area contributed by atoms with E-state index in [9.17, 15) is 9.59 Å². The SMILES string of the molecule is CCCN1CCCCCCN(C(=O)c2ccc3n[nH]nc3c2)[C@@H]2CCCC[C@@H]2Oc2ccccc2C1=O. The Labute approximate surface area is 218 Å². The van der Waals surface area contributed by atoms with Crippen molar-refractivity contribution in [2.24, 2.45) is 0 Å². The first kappa shape index (κ1) is 25.2. The van der Waals surface area contributed by atoms with Crippen LogP contribution in [0.15, 0.2) is 42.5 Å². The molecule has 5 rings (SSSR count). The third-order valence-electron chi connectivity index (χ3n) is 7.65. The number of fused-ring (bicyclic) bond motifs is 3. The molecule has 3 aromatic rings. The first-order chi connectivity index (χ1) is 18.2. The summed E-state index contributed by atoms with van der Waals surface area (Å²) in [6.07, 6.45) is 8.56. The maximum atomic E-state index is 13.9. The van der Waals surface area contributed by atoms with Crippen LogP contribution in [0.4, 0.5) is 0 Å². The molecule has 1 N–H and O–H groups in total. The van der Waals surface area contributed by atoms with Crippen molar-refractivity contribution >= 4 is 22.8 Å². The van der Waals surface area contributed by atoms with Gasteiger partial charge >= 0.3 is 0 Å². The van der Waals surface area contributed by atoms with Crippen LogP contribution in [0.25, 0.3) is 11.0 Å². The summed E-state index contributed by atoms with van der Waals surface area (Å²) < 4.78 is 6.65. The van der Waals surface area contributed by atoms with Crippen LogP contribution < -0.4 is 4.74 Å². The molecule has 196 valence electrons. The van der Waals surface area contributed by atoms with Gasteiger partial charge in [-0.15, -0.1) is 0 Å². The van der Waals surface area contributed by atoms with E-state index in [0.29, 0.717) is 28.9 Å². The van der Waals surface area contributed by atoms with Crippen LogP contribution in [0.2, 0.25) is 0 Å². The number of rotatable bonds is 3. The van der Waals surface area contributed by atoms with Gasteiger partial charge in [-0.2, -0.15) is 15.4 Å². The summed E-state index contributed by atoms with van der Waals surface area (Å²) in [5.74, 6) is 0.672. The molecular weight excluding hydrogens is 466 g/mol. The quantitative estimate of drug-likeness (QED) is 0.529. The molecule has 2 atom stereocenters. The molecule has 1 saturated carbocycles. The van der Waals surface area contributed by atoms with Crippen LogP contribution in [0, 0.1) is 0 Å². The van der Waals surface area contributed by atoms with E-state index in [2.05, 4.69) is 22.3 Å². The Morgan fingerprint density at radius 3 is 2.62 bits per heavy atom. The first-order valence-electron chi connectivity index (χ1n) is 13.8. The van der Waals surface area contributed by atoms with Crippen LogP contribution >= 0.6 is 0 Å². The number of para-hydroxylation sites is 1. The fourth-order valence-corrected chi connectivity index (χ4v) is 5.73. The Balaban J connectivity index is 1.47. The van der Waals surface area contributed by atoms with E-state index >= 15 is 0 Å². The van der Waals surface area contributed by atoms with Crippen molar-refractivity contribution in [3.8, 4) is 5.75 Å². The number of nitrogens with one attached hydrogen (secondary N) is 1. The second-order valence-corrected chi connectivity index (χ2v) is 10.2. The van der Waals surface area contributed by atoms with Gasteiger partial charge < -0.3 is 14.5 Å². The molecule has 37 heavy (non-hydrogen) atoms. The van der Waals surface area contributed by atoms with Gasteiger partial charge in [-0.3, -0.25) is 9.59 Å². The number of aromatic nitrogens is 3. The molecule has 1 aliphatic heterocycles. The molecule has 2 heterocycles. The Hall–Kier alpha value is -3.42. The van der Waals surface area contributed by atoms with Crippen molar-refractivity contribution in [3.05, 3.63) is 53.6 Å². The number of amides is 2. The molecule has 8 nitrogen and oxygen atoms in total. The summed E-state index contributed by atoms with van der Waals surface area (Å²) in [4.78, 5) is 31.5. The third kappa shape index (κ3) is 5.63. The van der Waals surface area contributed by atoms with Gasteiger partial charge in [0.05, 0.1) is 11.6 Å². The number of hydrogen-bond acceptors (Lipinski definition) is 5. The molecule has 0 unspecified atom stereocenters. The van der Waals surface area contributed by atoms with E-state index < -0.39 is 0 Å². The smallest absolute Gasteiger partial charge is 0.257 e. The lowest BCUT2D eigenvalue weighted by Gasteiger charge is -2.40. The number of aromatic amines is 1. The number of benzene rings is 2. The van der Waals surface area contributed by atoms with E-state index in [1.165, 1.54) is 0 Å². The van der Waals surface area contributed by atoms with Crippen molar-refractivity contribution in [2.75, 3.05) is 19.6 Å². The summed E-state index contributed by atoms with van der Waals surface area (Å²) >= 11 is 0. The molecule has 1 aliphatic carbocycles. The predicted molar refractivity (Wildman–Crippen MR) is 143 cm³/mol. The number of hydrogen-bond donors (Lipinski definition) is 1. The van der Waals surface area contributed by atoms with E-state index in [0.717, 1.165) is 76.4 Å². The van der Waals surface area contributed by atoms with Gasteiger partial charge in [0.15, 0.2) is 0 Å². The van der Waals surface area contributed by atoms with Crippen molar-refractivity contribution in [1.82, 2.24) is 25.2 Å². The van der Waals surface area contributed by atoms with E-state index in [1.807, 2.05) is 52.3 Å².